The normalized spacial score (nSPS) is 14.8. The van der Waals surface area contributed by atoms with Gasteiger partial charge >= 0.3 is 0 Å². The highest BCUT2D eigenvalue weighted by Crippen LogP contribution is 2.24. The van der Waals surface area contributed by atoms with E-state index in [4.69, 9.17) is 11.6 Å². The number of aliphatic hydroxyl groups excluding tert-OH is 1. The molecule has 2 atom stereocenters. The molecule has 0 saturated carbocycles. The average molecular weight is 244 g/mol. The Morgan fingerprint density at radius 1 is 1.38 bits per heavy atom. The fraction of sp³-hybridized carbons (Fsp3) is 0.500. The standard InChI is InChI=1S/C12H18ClNO2/c1-8(6-9(2)15)14-7-10-11(13)4-3-5-12(10)16/h3-5,8-9,14-16H,6-7H2,1-2H3. The van der Waals surface area contributed by atoms with E-state index >= 15 is 0 Å². The predicted octanol–water partition coefficient (Wildman–Crippen LogP) is 2.29. The molecule has 0 heterocycles. The van der Waals surface area contributed by atoms with Gasteiger partial charge in [0.15, 0.2) is 0 Å². The molecule has 2 unspecified atom stereocenters. The summed E-state index contributed by atoms with van der Waals surface area (Å²) in [6, 6.07) is 5.25. The Labute approximate surface area is 101 Å². The molecule has 0 amide bonds. The SMILES string of the molecule is CC(O)CC(C)NCc1c(O)cccc1Cl. The summed E-state index contributed by atoms with van der Waals surface area (Å²) in [6.45, 7) is 4.24. The van der Waals surface area contributed by atoms with Gasteiger partial charge in [0.05, 0.1) is 6.10 Å². The van der Waals surface area contributed by atoms with Gasteiger partial charge < -0.3 is 15.5 Å². The smallest absolute Gasteiger partial charge is 0.121 e. The molecule has 0 aliphatic rings. The lowest BCUT2D eigenvalue weighted by atomic mass is 10.1. The third kappa shape index (κ3) is 4.00. The van der Waals surface area contributed by atoms with E-state index in [1.54, 1.807) is 25.1 Å². The first-order valence-corrected chi connectivity index (χ1v) is 5.76. The zero-order valence-electron chi connectivity index (χ0n) is 9.57. The van der Waals surface area contributed by atoms with E-state index in [1.165, 1.54) is 0 Å². The van der Waals surface area contributed by atoms with E-state index in [1.807, 2.05) is 6.92 Å². The monoisotopic (exact) mass is 243 g/mol. The maximum Gasteiger partial charge on any atom is 0.121 e. The van der Waals surface area contributed by atoms with Gasteiger partial charge in [0, 0.05) is 23.2 Å². The molecule has 0 bridgehead atoms. The van der Waals surface area contributed by atoms with Crippen LogP contribution in [0.15, 0.2) is 18.2 Å². The van der Waals surface area contributed by atoms with Gasteiger partial charge in [0.25, 0.3) is 0 Å². The van der Waals surface area contributed by atoms with E-state index < -0.39 is 0 Å². The zero-order chi connectivity index (χ0) is 12.1. The van der Waals surface area contributed by atoms with Crippen LogP contribution in [0.3, 0.4) is 0 Å². The summed E-state index contributed by atoms with van der Waals surface area (Å²) in [6.07, 6.45) is 0.341. The summed E-state index contributed by atoms with van der Waals surface area (Å²) in [4.78, 5) is 0. The molecule has 0 aliphatic carbocycles. The summed E-state index contributed by atoms with van der Waals surface area (Å²) in [5.74, 6) is 0.198. The first kappa shape index (κ1) is 13.3. The minimum absolute atomic E-state index is 0.177. The highest BCUT2D eigenvalue weighted by Gasteiger charge is 2.09. The minimum atomic E-state index is -0.331. The number of nitrogens with one attached hydrogen (secondary N) is 1. The van der Waals surface area contributed by atoms with Crippen molar-refractivity contribution in [2.45, 2.75) is 39.0 Å². The van der Waals surface area contributed by atoms with Gasteiger partial charge in [-0.25, -0.2) is 0 Å². The van der Waals surface area contributed by atoms with Crippen molar-refractivity contribution in [1.29, 1.82) is 0 Å². The van der Waals surface area contributed by atoms with Crippen molar-refractivity contribution in [2.24, 2.45) is 0 Å². The summed E-state index contributed by atoms with van der Waals surface area (Å²) >= 11 is 5.97. The molecule has 1 aromatic rings. The van der Waals surface area contributed by atoms with Crippen LogP contribution >= 0.6 is 11.6 Å². The summed E-state index contributed by atoms with van der Waals surface area (Å²) < 4.78 is 0. The van der Waals surface area contributed by atoms with E-state index in [9.17, 15) is 10.2 Å². The van der Waals surface area contributed by atoms with Crippen LogP contribution < -0.4 is 5.32 Å². The number of aliphatic hydroxyl groups is 1. The Hall–Kier alpha value is -0.770. The number of hydrogen-bond acceptors (Lipinski definition) is 3. The number of phenolic OH excluding ortho intramolecular Hbond substituents is 1. The van der Waals surface area contributed by atoms with Crippen molar-refractivity contribution in [3.05, 3.63) is 28.8 Å². The van der Waals surface area contributed by atoms with Gasteiger partial charge in [0.2, 0.25) is 0 Å². The summed E-state index contributed by atoms with van der Waals surface area (Å²) in [7, 11) is 0. The second-order valence-corrected chi connectivity index (χ2v) is 4.51. The Morgan fingerprint density at radius 3 is 2.62 bits per heavy atom. The fourth-order valence-corrected chi connectivity index (χ4v) is 1.83. The molecule has 0 aromatic heterocycles. The maximum atomic E-state index is 9.61. The van der Waals surface area contributed by atoms with Crippen LogP contribution in [0.1, 0.15) is 25.8 Å². The molecule has 0 fully saturated rings. The first-order chi connectivity index (χ1) is 7.50. The Morgan fingerprint density at radius 2 is 2.06 bits per heavy atom. The first-order valence-electron chi connectivity index (χ1n) is 5.38. The van der Waals surface area contributed by atoms with Crippen LogP contribution in [0.4, 0.5) is 0 Å². The number of phenols is 1. The Bertz CT molecular complexity index is 322. The van der Waals surface area contributed by atoms with E-state index in [2.05, 4.69) is 5.32 Å². The van der Waals surface area contributed by atoms with Gasteiger partial charge in [-0.1, -0.05) is 17.7 Å². The topological polar surface area (TPSA) is 52.5 Å². The number of hydrogen-bond donors (Lipinski definition) is 3. The molecule has 4 heteroatoms. The number of halogens is 1. The third-order valence-electron chi connectivity index (χ3n) is 2.42. The van der Waals surface area contributed by atoms with Crippen molar-refractivity contribution >= 4 is 11.6 Å². The summed E-state index contributed by atoms with van der Waals surface area (Å²) in [5, 5.41) is 22.6. The fourth-order valence-electron chi connectivity index (χ4n) is 1.59. The number of benzene rings is 1. The largest absolute Gasteiger partial charge is 0.508 e. The second kappa shape index (κ2) is 6.09. The van der Waals surface area contributed by atoms with Gasteiger partial charge in [0.1, 0.15) is 5.75 Å². The molecule has 1 rings (SSSR count). The quantitative estimate of drug-likeness (QED) is 0.744. The van der Waals surface area contributed by atoms with Gasteiger partial charge in [-0.15, -0.1) is 0 Å². The lowest BCUT2D eigenvalue weighted by Crippen LogP contribution is -2.28. The maximum absolute atomic E-state index is 9.61. The molecule has 0 aliphatic heterocycles. The van der Waals surface area contributed by atoms with E-state index in [-0.39, 0.29) is 17.9 Å². The van der Waals surface area contributed by atoms with Crippen LogP contribution in [0.2, 0.25) is 5.02 Å². The second-order valence-electron chi connectivity index (χ2n) is 4.10. The Kier molecular flexibility index (Phi) is 5.06. The molecule has 0 spiro atoms. The van der Waals surface area contributed by atoms with Crippen LogP contribution in [0.5, 0.6) is 5.75 Å². The summed E-state index contributed by atoms with van der Waals surface area (Å²) in [5.41, 5.74) is 0.696. The van der Waals surface area contributed by atoms with Gasteiger partial charge in [-0.2, -0.15) is 0 Å². The number of aromatic hydroxyl groups is 1. The molecule has 90 valence electrons. The van der Waals surface area contributed by atoms with Crippen molar-refractivity contribution in [1.82, 2.24) is 5.32 Å². The molecular formula is C12H18ClNO2. The Balaban J connectivity index is 2.54. The van der Waals surface area contributed by atoms with Crippen LogP contribution in [0, 0.1) is 0 Å². The van der Waals surface area contributed by atoms with Crippen LogP contribution in [-0.2, 0) is 6.54 Å². The molecule has 16 heavy (non-hydrogen) atoms. The van der Waals surface area contributed by atoms with Crippen molar-refractivity contribution < 1.29 is 10.2 Å². The van der Waals surface area contributed by atoms with E-state index in [0.29, 0.717) is 23.6 Å². The highest BCUT2D eigenvalue weighted by molar-refractivity contribution is 6.31. The molecule has 0 saturated heterocycles. The lowest BCUT2D eigenvalue weighted by Gasteiger charge is -2.16. The van der Waals surface area contributed by atoms with Crippen LogP contribution in [-0.4, -0.2) is 22.4 Å². The van der Waals surface area contributed by atoms with Crippen molar-refractivity contribution in [3.8, 4) is 5.75 Å². The average Bonchev–Trinajstić information content (AvgIpc) is 2.15. The minimum Gasteiger partial charge on any atom is -0.508 e. The highest BCUT2D eigenvalue weighted by atomic mass is 35.5. The molecule has 1 aromatic carbocycles. The molecule has 3 N–H and O–H groups in total. The van der Waals surface area contributed by atoms with Gasteiger partial charge in [-0.3, -0.25) is 0 Å². The van der Waals surface area contributed by atoms with Crippen molar-refractivity contribution in [2.75, 3.05) is 0 Å². The van der Waals surface area contributed by atoms with Crippen LogP contribution in [0.25, 0.3) is 0 Å². The lowest BCUT2D eigenvalue weighted by molar-refractivity contribution is 0.170. The zero-order valence-corrected chi connectivity index (χ0v) is 10.3. The predicted molar refractivity (Wildman–Crippen MR) is 65.7 cm³/mol. The third-order valence-corrected chi connectivity index (χ3v) is 2.77. The molecule has 0 radical (unpaired) electrons. The molecular weight excluding hydrogens is 226 g/mol. The van der Waals surface area contributed by atoms with E-state index in [0.717, 1.165) is 0 Å². The van der Waals surface area contributed by atoms with Gasteiger partial charge in [-0.05, 0) is 32.4 Å². The van der Waals surface area contributed by atoms with Crippen molar-refractivity contribution in [3.63, 3.8) is 0 Å². The number of rotatable bonds is 5. The molecule has 3 nitrogen and oxygen atoms in total.